The molecule has 0 amide bonds. The summed E-state index contributed by atoms with van der Waals surface area (Å²) in [6.45, 7) is 4.42. The van der Waals surface area contributed by atoms with Gasteiger partial charge in [0.1, 0.15) is 0 Å². The molecule has 0 aliphatic carbocycles. The highest BCUT2D eigenvalue weighted by molar-refractivity contribution is 5.24. The van der Waals surface area contributed by atoms with Crippen LogP contribution in [0.2, 0.25) is 0 Å². The molecule has 0 aromatic heterocycles. The maximum Gasteiger partial charge on any atom is -0.0146 e. The van der Waals surface area contributed by atoms with Crippen molar-refractivity contribution >= 4 is 0 Å². The summed E-state index contributed by atoms with van der Waals surface area (Å²) in [6, 6.07) is 9.56. The first kappa shape index (κ1) is 10.3. The number of rotatable bonds is 5. The predicted octanol–water partition coefficient (Wildman–Crippen LogP) is 3.92. The zero-order valence-corrected chi connectivity index (χ0v) is 8.77. The molecule has 0 fully saturated rings. The van der Waals surface area contributed by atoms with E-state index in [1.54, 1.807) is 0 Å². The molecule has 0 bridgehead atoms. The van der Waals surface area contributed by atoms with Gasteiger partial charge in [-0.2, -0.15) is 0 Å². The van der Waals surface area contributed by atoms with Gasteiger partial charge in [-0.05, 0) is 37.0 Å². The summed E-state index contributed by atoms with van der Waals surface area (Å²) >= 11 is 0. The SMILES string of the molecule is CCCCCCc1[c]cccc1C. The van der Waals surface area contributed by atoms with Gasteiger partial charge in [0.2, 0.25) is 0 Å². The van der Waals surface area contributed by atoms with Gasteiger partial charge in [-0.3, -0.25) is 0 Å². The second-order valence-electron chi connectivity index (χ2n) is 3.64. The van der Waals surface area contributed by atoms with Gasteiger partial charge in [0.05, 0.1) is 0 Å². The second-order valence-corrected chi connectivity index (χ2v) is 3.64. The molecule has 1 rings (SSSR count). The summed E-state index contributed by atoms with van der Waals surface area (Å²) in [5, 5.41) is 0. The summed E-state index contributed by atoms with van der Waals surface area (Å²) in [7, 11) is 0. The molecular weight excluding hydrogens is 156 g/mol. The number of aryl methyl sites for hydroxylation is 2. The van der Waals surface area contributed by atoms with E-state index in [0.29, 0.717) is 0 Å². The van der Waals surface area contributed by atoms with Crippen LogP contribution in [0.3, 0.4) is 0 Å². The Morgan fingerprint density at radius 1 is 1.23 bits per heavy atom. The van der Waals surface area contributed by atoms with Gasteiger partial charge in [0.15, 0.2) is 0 Å². The first-order valence-electron chi connectivity index (χ1n) is 5.30. The van der Waals surface area contributed by atoms with E-state index in [1.165, 1.54) is 43.2 Å². The Morgan fingerprint density at radius 2 is 2.08 bits per heavy atom. The molecule has 0 atom stereocenters. The third-order valence-electron chi connectivity index (χ3n) is 2.46. The molecule has 13 heavy (non-hydrogen) atoms. The molecule has 0 aliphatic heterocycles. The zero-order chi connectivity index (χ0) is 9.52. The fourth-order valence-electron chi connectivity index (χ4n) is 1.55. The van der Waals surface area contributed by atoms with Crippen molar-refractivity contribution in [2.24, 2.45) is 0 Å². The monoisotopic (exact) mass is 175 g/mol. The minimum absolute atomic E-state index is 1.20. The highest BCUT2D eigenvalue weighted by Gasteiger charge is 1.96. The largest absolute Gasteiger partial charge is 0.0654 e. The minimum atomic E-state index is 1.20. The lowest BCUT2D eigenvalue weighted by Crippen LogP contribution is -1.89. The predicted molar refractivity (Wildman–Crippen MR) is 57.9 cm³/mol. The molecular formula is C13H19. The number of hydrogen-bond donors (Lipinski definition) is 0. The Bertz CT molecular complexity index is 238. The van der Waals surface area contributed by atoms with Crippen molar-refractivity contribution in [3.8, 4) is 0 Å². The molecule has 0 unspecified atom stereocenters. The first-order valence-corrected chi connectivity index (χ1v) is 5.30. The fourth-order valence-corrected chi connectivity index (χ4v) is 1.55. The molecule has 0 heteroatoms. The second kappa shape index (κ2) is 5.80. The summed E-state index contributed by atoms with van der Waals surface area (Å²) in [5.41, 5.74) is 2.79. The summed E-state index contributed by atoms with van der Waals surface area (Å²) in [4.78, 5) is 0. The first-order chi connectivity index (χ1) is 6.34. The number of unbranched alkanes of at least 4 members (excludes halogenated alkanes) is 3. The van der Waals surface area contributed by atoms with E-state index in [1.807, 2.05) is 6.07 Å². The molecule has 71 valence electrons. The Balaban J connectivity index is 2.32. The highest BCUT2D eigenvalue weighted by atomic mass is 14.0. The van der Waals surface area contributed by atoms with Crippen molar-refractivity contribution in [3.05, 3.63) is 35.4 Å². The quantitative estimate of drug-likeness (QED) is 0.595. The lowest BCUT2D eigenvalue weighted by atomic mass is 10.0. The van der Waals surface area contributed by atoms with Crippen LogP contribution in [0.25, 0.3) is 0 Å². The van der Waals surface area contributed by atoms with Crippen molar-refractivity contribution in [1.29, 1.82) is 0 Å². The van der Waals surface area contributed by atoms with Crippen LogP contribution in [0.4, 0.5) is 0 Å². The van der Waals surface area contributed by atoms with Crippen LogP contribution in [0.5, 0.6) is 0 Å². The Kier molecular flexibility index (Phi) is 4.59. The lowest BCUT2D eigenvalue weighted by molar-refractivity contribution is 0.665. The average Bonchev–Trinajstić information content (AvgIpc) is 2.15. The van der Waals surface area contributed by atoms with E-state index < -0.39 is 0 Å². The Morgan fingerprint density at radius 3 is 2.77 bits per heavy atom. The standard InChI is InChI=1S/C13H19/c1-3-4-5-6-10-13-11-8-7-9-12(13)2/h7-9H,3-6,10H2,1-2H3. The summed E-state index contributed by atoms with van der Waals surface area (Å²) in [6.07, 6.45) is 6.56. The van der Waals surface area contributed by atoms with Crippen molar-refractivity contribution in [2.45, 2.75) is 46.0 Å². The third kappa shape index (κ3) is 3.63. The molecule has 0 nitrogen and oxygen atoms in total. The van der Waals surface area contributed by atoms with Crippen molar-refractivity contribution < 1.29 is 0 Å². The van der Waals surface area contributed by atoms with E-state index in [-0.39, 0.29) is 0 Å². The molecule has 0 aliphatic rings. The number of hydrogen-bond acceptors (Lipinski definition) is 0. The van der Waals surface area contributed by atoms with Gasteiger partial charge < -0.3 is 0 Å². The van der Waals surface area contributed by atoms with Gasteiger partial charge in [0.25, 0.3) is 0 Å². The molecule has 0 saturated carbocycles. The normalized spacial score (nSPS) is 10.3. The smallest absolute Gasteiger partial charge is 0.0146 e. The van der Waals surface area contributed by atoms with Gasteiger partial charge in [-0.15, -0.1) is 0 Å². The molecule has 0 spiro atoms. The van der Waals surface area contributed by atoms with E-state index >= 15 is 0 Å². The van der Waals surface area contributed by atoms with Crippen molar-refractivity contribution in [3.63, 3.8) is 0 Å². The van der Waals surface area contributed by atoms with Crippen LogP contribution in [-0.4, -0.2) is 0 Å². The molecule has 0 saturated heterocycles. The van der Waals surface area contributed by atoms with Gasteiger partial charge in [-0.25, -0.2) is 0 Å². The molecule has 1 radical (unpaired) electrons. The van der Waals surface area contributed by atoms with Crippen LogP contribution in [0.15, 0.2) is 18.2 Å². The molecule has 1 aromatic carbocycles. The van der Waals surface area contributed by atoms with Crippen molar-refractivity contribution in [2.75, 3.05) is 0 Å². The third-order valence-corrected chi connectivity index (χ3v) is 2.46. The Labute approximate surface area is 82.0 Å². The van der Waals surface area contributed by atoms with Crippen LogP contribution in [-0.2, 0) is 6.42 Å². The van der Waals surface area contributed by atoms with Crippen molar-refractivity contribution in [1.82, 2.24) is 0 Å². The topological polar surface area (TPSA) is 0 Å². The molecule has 0 N–H and O–H groups in total. The van der Waals surface area contributed by atoms with Gasteiger partial charge in [0, 0.05) is 0 Å². The molecule has 0 heterocycles. The average molecular weight is 175 g/mol. The maximum absolute atomic E-state index is 3.31. The van der Waals surface area contributed by atoms with E-state index in [4.69, 9.17) is 0 Å². The minimum Gasteiger partial charge on any atom is -0.0654 e. The summed E-state index contributed by atoms with van der Waals surface area (Å²) < 4.78 is 0. The van der Waals surface area contributed by atoms with E-state index in [0.717, 1.165) is 0 Å². The van der Waals surface area contributed by atoms with Crippen LogP contribution < -0.4 is 0 Å². The number of benzene rings is 1. The van der Waals surface area contributed by atoms with E-state index in [9.17, 15) is 0 Å². The highest BCUT2D eigenvalue weighted by Crippen LogP contribution is 2.11. The lowest BCUT2D eigenvalue weighted by Gasteiger charge is -2.03. The maximum atomic E-state index is 3.31. The van der Waals surface area contributed by atoms with Gasteiger partial charge >= 0.3 is 0 Å². The van der Waals surface area contributed by atoms with Crippen LogP contribution in [0.1, 0.15) is 43.7 Å². The van der Waals surface area contributed by atoms with Gasteiger partial charge in [-0.1, -0.05) is 44.4 Å². The van der Waals surface area contributed by atoms with Crippen LogP contribution >= 0.6 is 0 Å². The van der Waals surface area contributed by atoms with E-state index in [2.05, 4.69) is 32.0 Å². The van der Waals surface area contributed by atoms with Crippen LogP contribution in [0, 0.1) is 13.0 Å². The fraction of sp³-hybridized carbons (Fsp3) is 0.538. The Hall–Kier alpha value is -0.780. The molecule has 1 aromatic rings. The zero-order valence-electron chi connectivity index (χ0n) is 8.77. The summed E-state index contributed by atoms with van der Waals surface area (Å²) in [5.74, 6) is 0.